The average molecular weight is 209 g/mol. The molecule has 1 atom stereocenters. The van der Waals surface area contributed by atoms with Crippen LogP contribution in [0.25, 0.3) is 0 Å². The van der Waals surface area contributed by atoms with Crippen molar-refractivity contribution in [1.29, 1.82) is 0 Å². The molecule has 0 N–H and O–H groups in total. The Kier molecular flexibility index (Phi) is 3.99. The third-order valence-corrected chi connectivity index (χ3v) is 3.77. The molecule has 0 aromatic carbocycles. The van der Waals surface area contributed by atoms with Crippen molar-refractivity contribution < 1.29 is 0 Å². The van der Waals surface area contributed by atoms with E-state index in [2.05, 4.69) is 46.6 Å². The zero-order valence-electron chi connectivity index (χ0n) is 11.4. The first kappa shape index (κ1) is 12.8. The lowest BCUT2D eigenvalue weighted by Crippen LogP contribution is -2.39. The highest BCUT2D eigenvalue weighted by atomic mass is 15.2. The summed E-state index contributed by atoms with van der Waals surface area (Å²) in [6, 6.07) is 0. The number of hydrogen-bond donors (Lipinski definition) is 0. The van der Waals surface area contributed by atoms with Crippen molar-refractivity contribution >= 4 is 0 Å². The Labute approximate surface area is 95.5 Å². The Morgan fingerprint density at radius 3 is 2.33 bits per heavy atom. The van der Waals surface area contributed by atoms with E-state index in [0.717, 1.165) is 5.92 Å². The first-order valence-electron chi connectivity index (χ1n) is 6.28. The molecule has 1 nitrogen and oxygen atoms in total. The molecular weight excluding hydrogens is 182 g/mol. The van der Waals surface area contributed by atoms with Crippen molar-refractivity contribution in [3.63, 3.8) is 0 Å². The third-order valence-electron chi connectivity index (χ3n) is 3.77. The fourth-order valence-corrected chi connectivity index (χ4v) is 1.99. The van der Waals surface area contributed by atoms with Crippen LogP contribution in [-0.4, -0.2) is 24.0 Å². The molecule has 0 fully saturated rings. The van der Waals surface area contributed by atoms with Crippen LogP contribution in [0.4, 0.5) is 0 Å². The van der Waals surface area contributed by atoms with Gasteiger partial charge in [0, 0.05) is 18.0 Å². The van der Waals surface area contributed by atoms with Gasteiger partial charge in [-0.1, -0.05) is 24.5 Å². The summed E-state index contributed by atoms with van der Waals surface area (Å²) in [6.07, 6.45) is 4.02. The first-order chi connectivity index (χ1) is 6.88. The van der Waals surface area contributed by atoms with Crippen molar-refractivity contribution in [3.05, 3.63) is 11.1 Å². The minimum absolute atomic E-state index is 0.304. The van der Waals surface area contributed by atoms with Crippen molar-refractivity contribution in [3.8, 4) is 0 Å². The standard InChI is InChI=1S/C14H27N/c1-7-8-9-12-11(2)13(12)10-15(6)14(3,4)5/h13H,7-10H2,1-6H3. The van der Waals surface area contributed by atoms with Gasteiger partial charge in [0.1, 0.15) is 0 Å². The van der Waals surface area contributed by atoms with Gasteiger partial charge in [-0.3, -0.25) is 0 Å². The SMILES string of the molecule is CCCCC1=C(C)C1CN(C)C(C)(C)C. The van der Waals surface area contributed by atoms with E-state index in [4.69, 9.17) is 0 Å². The van der Waals surface area contributed by atoms with Crippen LogP contribution in [0, 0.1) is 5.92 Å². The van der Waals surface area contributed by atoms with Gasteiger partial charge in [0.25, 0.3) is 0 Å². The topological polar surface area (TPSA) is 3.24 Å². The molecule has 0 saturated heterocycles. The molecule has 0 bridgehead atoms. The Morgan fingerprint density at radius 1 is 1.27 bits per heavy atom. The molecular formula is C14H27N. The highest BCUT2D eigenvalue weighted by molar-refractivity contribution is 5.39. The largest absolute Gasteiger partial charge is 0.301 e. The molecule has 88 valence electrons. The highest BCUT2D eigenvalue weighted by Crippen LogP contribution is 2.43. The molecule has 1 unspecified atom stereocenters. The van der Waals surface area contributed by atoms with Crippen LogP contribution in [-0.2, 0) is 0 Å². The van der Waals surface area contributed by atoms with Gasteiger partial charge >= 0.3 is 0 Å². The quantitative estimate of drug-likeness (QED) is 0.622. The van der Waals surface area contributed by atoms with Crippen LogP contribution in [0.1, 0.15) is 53.9 Å². The smallest absolute Gasteiger partial charge is 0.0138 e. The van der Waals surface area contributed by atoms with Gasteiger partial charge in [0.05, 0.1) is 0 Å². The zero-order chi connectivity index (χ0) is 11.6. The van der Waals surface area contributed by atoms with Crippen molar-refractivity contribution in [2.75, 3.05) is 13.6 Å². The lowest BCUT2D eigenvalue weighted by Gasteiger charge is -2.32. The molecule has 0 amide bonds. The van der Waals surface area contributed by atoms with E-state index in [-0.39, 0.29) is 0 Å². The second-order valence-electron chi connectivity index (χ2n) is 5.92. The van der Waals surface area contributed by atoms with E-state index in [9.17, 15) is 0 Å². The summed E-state index contributed by atoms with van der Waals surface area (Å²) in [7, 11) is 2.24. The van der Waals surface area contributed by atoms with Crippen LogP contribution < -0.4 is 0 Å². The van der Waals surface area contributed by atoms with E-state index in [1.54, 1.807) is 11.1 Å². The minimum Gasteiger partial charge on any atom is -0.301 e. The predicted octanol–water partition coefficient (Wildman–Crippen LogP) is 3.85. The third kappa shape index (κ3) is 3.34. The summed E-state index contributed by atoms with van der Waals surface area (Å²) in [6.45, 7) is 12.7. The summed E-state index contributed by atoms with van der Waals surface area (Å²) in [5, 5.41) is 0. The Hall–Kier alpha value is -0.300. The molecule has 1 rings (SSSR count). The first-order valence-corrected chi connectivity index (χ1v) is 6.28. The maximum atomic E-state index is 2.47. The zero-order valence-corrected chi connectivity index (χ0v) is 11.4. The van der Waals surface area contributed by atoms with Crippen molar-refractivity contribution in [2.45, 2.75) is 59.4 Å². The van der Waals surface area contributed by atoms with Gasteiger partial charge in [-0.2, -0.15) is 0 Å². The molecule has 0 aromatic heterocycles. The number of hydrogen-bond acceptors (Lipinski definition) is 1. The lowest BCUT2D eigenvalue weighted by molar-refractivity contribution is 0.170. The van der Waals surface area contributed by atoms with Gasteiger partial charge < -0.3 is 4.90 Å². The number of nitrogens with zero attached hydrogens (tertiary/aromatic N) is 1. The molecule has 1 heteroatoms. The predicted molar refractivity (Wildman–Crippen MR) is 68.1 cm³/mol. The maximum absolute atomic E-state index is 2.47. The minimum atomic E-state index is 0.304. The molecule has 0 radical (unpaired) electrons. The molecule has 15 heavy (non-hydrogen) atoms. The van der Waals surface area contributed by atoms with Gasteiger partial charge in [-0.05, 0) is 47.6 Å². The molecule has 1 aliphatic carbocycles. The maximum Gasteiger partial charge on any atom is 0.0138 e. The van der Waals surface area contributed by atoms with Crippen LogP contribution in [0.15, 0.2) is 11.1 Å². The van der Waals surface area contributed by atoms with Gasteiger partial charge in [0.15, 0.2) is 0 Å². The molecule has 0 spiro atoms. The van der Waals surface area contributed by atoms with Gasteiger partial charge in [-0.15, -0.1) is 0 Å². The molecule has 0 saturated carbocycles. The second kappa shape index (κ2) is 4.69. The Morgan fingerprint density at radius 2 is 1.87 bits per heavy atom. The summed E-state index contributed by atoms with van der Waals surface area (Å²) < 4.78 is 0. The lowest BCUT2D eigenvalue weighted by atomic mass is 10.1. The summed E-state index contributed by atoms with van der Waals surface area (Å²) in [5.74, 6) is 0.806. The van der Waals surface area contributed by atoms with E-state index in [0.29, 0.717) is 5.54 Å². The molecule has 0 heterocycles. The van der Waals surface area contributed by atoms with Crippen molar-refractivity contribution in [2.24, 2.45) is 5.92 Å². The second-order valence-corrected chi connectivity index (χ2v) is 5.92. The Balaban J connectivity index is 2.33. The van der Waals surface area contributed by atoms with Crippen LogP contribution in [0.2, 0.25) is 0 Å². The normalized spacial score (nSPS) is 21.4. The van der Waals surface area contributed by atoms with E-state index < -0.39 is 0 Å². The number of unbranched alkanes of at least 4 members (excludes halogenated alkanes) is 1. The Bertz CT molecular complexity index is 245. The monoisotopic (exact) mass is 209 g/mol. The summed E-state index contributed by atoms with van der Waals surface area (Å²) in [4.78, 5) is 2.47. The van der Waals surface area contributed by atoms with E-state index >= 15 is 0 Å². The number of rotatable bonds is 5. The van der Waals surface area contributed by atoms with Crippen molar-refractivity contribution in [1.82, 2.24) is 4.90 Å². The van der Waals surface area contributed by atoms with Gasteiger partial charge in [-0.25, -0.2) is 0 Å². The van der Waals surface area contributed by atoms with E-state index in [1.807, 2.05) is 0 Å². The van der Waals surface area contributed by atoms with Crippen LogP contribution in [0.3, 0.4) is 0 Å². The molecule has 0 aliphatic heterocycles. The van der Waals surface area contributed by atoms with E-state index in [1.165, 1.54) is 25.8 Å². The van der Waals surface area contributed by atoms with Gasteiger partial charge in [0.2, 0.25) is 0 Å². The summed E-state index contributed by atoms with van der Waals surface area (Å²) in [5.41, 5.74) is 3.71. The molecule has 1 aliphatic rings. The fraction of sp³-hybridized carbons (Fsp3) is 0.857. The highest BCUT2D eigenvalue weighted by Gasteiger charge is 2.34. The average Bonchev–Trinajstić information content (AvgIpc) is 2.71. The fourth-order valence-electron chi connectivity index (χ4n) is 1.99. The van der Waals surface area contributed by atoms with Crippen LogP contribution in [0.5, 0.6) is 0 Å². The summed E-state index contributed by atoms with van der Waals surface area (Å²) >= 11 is 0. The molecule has 0 aromatic rings. The van der Waals surface area contributed by atoms with Crippen LogP contribution >= 0.6 is 0 Å².